The van der Waals surface area contributed by atoms with E-state index in [4.69, 9.17) is 0 Å². The van der Waals surface area contributed by atoms with Gasteiger partial charge in [-0.1, -0.05) is 19.1 Å². The van der Waals surface area contributed by atoms with Gasteiger partial charge in [0.05, 0.1) is 6.04 Å². The molecule has 2 aliphatic rings. The summed E-state index contributed by atoms with van der Waals surface area (Å²) >= 11 is 0. The summed E-state index contributed by atoms with van der Waals surface area (Å²) in [7, 11) is 0. The molecule has 1 aliphatic heterocycles. The van der Waals surface area contributed by atoms with Gasteiger partial charge < -0.3 is 10.6 Å². The second-order valence-electron chi connectivity index (χ2n) is 5.84. The van der Waals surface area contributed by atoms with Crippen molar-refractivity contribution in [1.82, 2.24) is 5.32 Å². The zero-order valence-corrected chi connectivity index (χ0v) is 11.5. The summed E-state index contributed by atoms with van der Waals surface area (Å²) in [5.74, 6) is 0.559. The Labute approximate surface area is 114 Å². The van der Waals surface area contributed by atoms with Crippen LogP contribution >= 0.6 is 0 Å². The standard InChI is InChI=1S/C16H22N2O/c1-11-9-10-17-15(11)16(19)18-14-8-4-6-12-5-2-3-7-13(12)14/h4,6,8,11,15,17H,2-3,5,7,9-10H2,1H3,(H,18,19). The number of hydrogen-bond donors (Lipinski definition) is 2. The van der Waals surface area contributed by atoms with E-state index in [-0.39, 0.29) is 11.9 Å². The number of carbonyl (C=O) groups excluding carboxylic acids is 1. The van der Waals surface area contributed by atoms with Gasteiger partial charge in [-0.05, 0) is 61.8 Å². The molecule has 1 amide bonds. The number of amides is 1. The van der Waals surface area contributed by atoms with Gasteiger partial charge in [-0.25, -0.2) is 0 Å². The number of aryl methyl sites for hydroxylation is 1. The van der Waals surface area contributed by atoms with Crippen LogP contribution in [0.15, 0.2) is 18.2 Å². The van der Waals surface area contributed by atoms with E-state index in [2.05, 4.69) is 29.7 Å². The molecule has 3 heteroatoms. The van der Waals surface area contributed by atoms with Gasteiger partial charge in [-0.2, -0.15) is 0 Å². The lowest BCUT2D eigenvalue weighted by Crippen LogP contribution is -2.39. The van der Waals surface area contributed by atoms with Crippen LogP contribution in [0, 0.1) is 5.92 Å². The highest BCUT2D eigenvalue weighted by atomic mass is 16.2. The smallest absolute Gasteiger partial charge is 0.241 e. The first-order chi connectivity index (χ1) is 9.25. The van der Waals surface area contributed by atoms with E-state index in [1.165, 1.54) is 24.0 Å². The summed E-state index contributed by atoms with van der Waals surface area (Å²) < 4.78 is 0. The Kier molecular flexibility index (Phi) is 3.56. The third-order valence-electron chi connectivity index (χ3n) is 4.47. The Morgan fingerprint density at radius 3 is 2.95 bits per heavy atom. The number of anilines is 1. The predicted octanol–water partition coefficient (Wildman–Crippen LogP) is 2.50. The first-order valence-electron chi connectivity index (χ1n) is 7.41. The van der Waals surface area contributed by atoms with Crippen molar-refractivity contribution < 1.29 is 4.79 Å². The fourth-order valence-corrected chi connectivity index (χ4v) is 3.29. The summed E-state index contributed by atoms with van der Waals surface area (Å²) in [6, 6.07) is 6.27. The van der Waals surface area contributed by atoms with Crippen molar-refractivity contribution in [2.45, 2.75) is 45.1 Å². The maximum absolute atomic E-state index is 12.3. The summed E-state index contributed by atoms with van der Waals surface area (Å²) in [5.41, 5.74) is 3.80. The van der Waals surface area contributed by atoms with Gasteiger partial charge in [0.25, 0.3) is 0 Å². The van der Waals surface area contributed by atoms with Crippen molar-refractivity contribution in [1.29, 1.82) is 0 Å². The first-order valence-corrected chi connectivity index (χ1v) is 7.41. The topological polar surface area (TPSA) is 41.1 Å². The van der Waals surface area contributed by atoms with Crippen molar-refractivity contribution in [2.24, 2.45) is 5.92 Å². The molecule has 2 N–H and O–H groups in total. The normalized spacial score (nSPS) is 25.9. The van der Waals surface area contributed by atoms with Crippen molar-refractivity contribution in [3.63, 3.8) is 0 Å². The van der Waals surface area contributed by atoms with Gasteiger partial charge in [-0.15, -0.1) is 0 Å². The van der Waals surface area contributed by atoms with Crippen molar-refractivity contribution in [3.05, 3.63) is 29.3 Å². The Morgan fingerprint density at radius 2 is 2.16 bits per heavy atom. The number of fused-ring (bicyclic) bond motifs is 1. The number of benzene rings is 1. The van der Waals surface area contributed by atoms with Gasteiger partial charge in [0, 0.05) is 5.69 Å². The molecule has 1 aliphatic carbocycles. The SMILES string of the molecule is CC1CCNC1C(=O)Nc1cccc2c1CCCC2. The molecular formula is C16H22N2O. The summed E-state index contributed by atoms with van der Waals surface area (Å²) in [6.45, 7) is 3.09. The third kappa shape index (κ3) is 2.52. The van der Waals surface area contributed by atoms with E-state index in [1.54, 1.807) is 0 Å². The lowest BCUT2D eigenvalue weighted by Gasteiger charge is -2.21. The second-order valence-corrected chi connectivity index (χ2v) is 5.84. The molecule has 1 aromatic carbocycles. The maximum atomic E-state index is 12.3. The highest BCUT2D eigenvalue weighted by Gasteiger charge is 2.29. The van der Waals surface area contributed by atoms with Crippen molar-refractivity contribution in [3.8, 4) is 0 Å². The third-order valence-corrected chi connectivity index (χ3v) is 4.47. The van der Waals surface area contributed by atoms with Crippen LogP contribution in [-0.4, -0.2) is 18.5 Å². The predicted molar refractivity (Wildman–Crippen MR) is 77.3 cm³/mol. The number of nitrogens with one attached hydrogen (secondary N) is 2. The minimum atomic E-state index is -0.0283. The van der Waals surface area contributed by atoms with Crippen molar-refractivity contribution in [2.75, 3.05) is 11.9 Å². The molecule has 0 bridgehead atoms. The van der Waals surface area contributed by atoms with E-state index in [0.29, 0.717) is 5.92 Å². The maximum Gasteiger partial charge on any atom is 0.241 e. The molecule has 0 saturated carbocycles. The Balaban J connectivity index is 1.78. The molecule has 1 aromatic rings. The minimum absolute atomic E-state index is 0.0283. The average Bonchev–Trinajstić information content (AvgIpc) is 2.85. The minimum Gasteiger partial charge on any atom is -0.324 e. The molecule has 0 radical (unpaired) electrons. The number of carbonyl (C=O) groups is 1. The molecule has 0 aromatic heterocycles. The molecule has 2 atom stereocenters. The van der Waals surface area contributed by atoms with E-state index < -0.39 is 0 Å². The van der Waals surface area contributed by atoms with Crippen LogP contribution in [0.3, 0.4) is 0 Å². The number of hydrogen-bond acceptors (Lipinski definition) is 2. The summed E-state index contributed by atoms with van der Waals surface area (Å²) in [4.78, 5) is 12.3. The van der Waals surface area contributed by atoms with Gasteiger partial charge in [-0.3, -0.25) is 4.79 Å². The number of rotatable bonds is 2. The molecule has 3 nitrogen and oxygen atoms in total. The molecular weight excluding hydrogens is 236 g/mol. The van der Waals surface area contributed by atoms with Gasteiger partial charge >= 0.3 is 0 Å². The summed E-state index contributed by atoms with van der Waals surface area (Å²) in [5, 5.41) is 6.44. The van der Waals surface area contributed by atoms with Crippen molar-refractivity contribution >= 4 is 11.6 Å². The molecule has 3 rings (SSSR count). The highest BCUT2D eigenvalue weighted by Crippen LogP contribution is 2.28. The fraction of sp³-hybridized carbons (Fsp3) is 0.562. The first kappa shape index (κ1) is 12.7. The van der Waals surface area contributed by atoms with E-state index in [1.807, 2.05) is 6.07 Å². The Bertz CT molecular complexity index is 484. The van der Waals surface area contributed by atoms with E-state index in [9.17, 15) is 4.79 Å². The van der Waals surface area contributed by atoms with E-state index >= 15 is 0 Å². The van der Waals surface area contributed by atoms with Crippen LogP contribution < -0.4 is 10.6 Å². The van der Waals surface area contributed by atoms with Crippen LogP contribution in [-0.2, 0) is 17.6 Å². The second kappa shape index (κ2) is 5.33. The van der Waals surface area contributed by atoms with Crippen LogP contribution in [0.2, 0.25) is 0 Å². The Morgan fingerprint density at radius 1 is 1.32 bits per heavy atom. The molecule has 2 unspecified atom stereocenters. The van der Waals surface area contributed by atoms with Crippen LogP contribution in [0.5, 0.6) is 0 Å². The Hall–Kier alpha value is -1.35. The lowest BCUT2D eigenvalue weighted by molar-refractivity contribution is -0.118. The summed E-state index contributed by atoms with van der Waals surface area (Å²) in [6.07, 6.45) is 5.84. The largest absolute Gasteiger partial charge is 0.324 e. The molecule has 1 saturated heterocycles. The highest BCUT2D eigenvalue weighted by molar-refractivity contribution is 5.96. The molecule has 0 spiro atoms. The zero-order chi connectivity index (χ0) is 13.2. The van der Waals surface area contributed by atoms with Gasteiger partial charge in [0.15, 0.2) is 0 Å². The fourth-order valence-electron chi connectivity index (χ4n) is 3.29. The zero-order valence-electron chi connectivity index (χ0n) is 11.5. The molecule has 1 heterocycles. The quantitative estimate of drug-likeness (QED) is 0.855. The van der Waals surface area contributed by atoms with Crippen LogP contribution in [0.4, 0.5) is 5.69 Å². The van der Waals surface area contributed by atoms with Gasteiger partial charge in [0.1, 0.15) is 0 Å². The molecule has 102 valence electrons. The molecule has 1 fully saturated rings. The molecule has 19 heavy (non-hydrogen) atoms. The van der Waals surface area contributed by atoms with Crippen LogP contribution in [0.1, 0.15) is 37.3 Å². The van der Waals surface area contributed by atoms with Crippen LogP contribution in [0.25, 0.3) is 0 Å². The lowest BCUT2D eigenvalue weighted by atomic mass is 9.90. The van der Waals surface area contributed by atoms with Gasteiger partial charge in [0.2, 0.25) is 5.91 Å². The van der Waals surface area contributed by atoms with E-state index in [0.717, 1.165) is 31.5 Å². The average molecular weight is 258 g/mol. The monoisotopic (exact) mass is 258 g/mol.